The van der Waals surface area contributed by atoms with Crippen LogP contribution in [0.2, 0.25) is 5.02 Å². The van der Waals surface area contributed by atoms with E-state index in [0.29, 0.717) is 6.04 Å². The van der Waals surface area contributed by atoms with Crippen molar-refractivity contribution in [2.75, 3.05) is 6.54 Å². The Kier molecular flexibility index (Phi) is 9.78. The molecule has 1 aromatic carbocycles. The summed E-state index contributed by atoms with van der Waals surface area (Å²) in [6.07, 6.45) is 10.4. The Balaban J connectivity index is 2.40. The Bertz CT molecular complexity index is 351. The molecule has 0 bridgehead atoms. The topological polar surface area (TPSA) is 12.0 Å². The second kappa shape index (κ2) is 11.2. The van der Waals surface area contributed by atoms with Gasteiger partial charge >= 0.3 is 0 Å². The molecule has 0 spiro atoms. The van der Waals surface area contributed by atoms with Crippen LogP contribution in [-0.2, 0) is 0 Å². The molecule has 20 heavy (non-hydrogen) atoms. The smallest absolute Gasteiger partial charge is 0.0409 e. The molecule has 1 unspecified atom stereocenters. The van der Waals surface area contributed by atoms with Crippen molar-refractivity contribution in [3.8, 4) is 0 Å². The zero-order valence-corrected chi connectivity index (χ0v) is 13.9. The summed E-state index contributed by atoms with van der Waals surface area (Å²) < 4.78 is 0. The molecule has 0 amide bonds. The highest BCUT2D eigenvalue weighted by Crippen LogP contribution is 2.22. The number of hydrogen-bond acceptors (Lipinski definition) is 1. The van der Waals surface area contributed by atoms with Gasteiger partial charge in [-0.1, -0.05) is 76.1 Å². The highest BCUT2D eigenvalue weighted by Gasteiger charge is 2.10. The van der Waals surface area contributed by atoms with Crippen LogP contribution in [-0.4, -0.2) is 6.54 Å². The lowest BCUT2D eigenvalue weighted by atomic mass is 10.0. The number of benzene rings is 1. The average molecular weight is 296 g/mol. The first-order valence-corrected chi connectivity index (χ1v) is 8.64. The zero-order chi connectivity index (χ0) is 14.6. The van der Waals surface area contributed by atoms with E-state index in [-0.39, 0.29) is 0 Å². The van der Waals surface area contributed by atoms with Gasteiger partial charge in [-0.25, -0.2) is 0 Å². The summed E-state index contributed by atoms with van der Waals surface area (Å²) in [7, 11) is 0. The van der Waals surface area contributed by atoms with Crippen molar-refractivity contribution in [3.63, 3.8) is 0 Å². The minimum atomic E-state index is 0.458. The summed E-state index contributed by atoms with van der Waals surface area (Å²) in [5.41, 5.74) is 1.33. The number of hydrogen-bond donors (Lipinski definition) is 1. The largest absolute Gasteiger partial charge is 0.310 e. The molecule has 0 aliphatic heterocycles. The van der Waals surface area contributed by atoms with Crippen LogP contribution >= 0.6 is 11.6 Å². The van der Waals surface area contributed by atoms with Gasteiger partial charge in [0.1, 0.15) is 0 Å². The SMILES string of the molecule is CCCCCCCNC(CCCC)c1cccc(Cl)c1. The second-order valence-electron chi connectivity index (χ2n) is 5.62. The summed E-state index contributed by atoms with van der Waals surface area (Å²) in [6, 6.07) is 8.76. The third-order valence-corrected chi connectivity index (χ3v) is 4.00. The minimum absolute atomic E-state index is 0.458. The highest BCUT2D eigenvalue weighted by atomic mass is 35.5. The molecule has 0 fully saturated rings. The fourth-order valence-electron chi connectivity index (χ4n) is 2.52. The predicted molar refractivity (Wildman–Crippen MR) is 90.5 cm³/mol. The Labute approximate surface area is 130 Å². The fraction of sp³-hybridized carbons (Fsp3) is 0.667. The molecule has 1 N–H and O–H groups in total. The second-order valence-corrected chi connectivity index (χ2v) is 6.05. The molecule has 0 aliphatic rings. The van der Waals surface area contributed by atoms with Crippen LogP contribution in [0.4, 0.5) is 0 Å². The van der Waals surface area contributed by atoms with Gasteiger partial charge in [0.2, 0.25) is 0 Å². The van der Waals surface area contributed by atoms with E-state index in [1.54, 1.807) is 0 Å². The molecule has 0 saturated carbocycles. The summed E-state index contributed by atoms with van der Waals surface area (Å²) >= 11 is 6.11. The van der Waals surface area contributed by atoms with Crippen LogP contribution < -0.4 is 5.32 Å². The molecule has 2 heteroatoms. The normalized spacial score (nSPS) is 12.6. The van der Waals surface area contributed by atoms with Gasteiger partial charge in [0.05, 0.1) is 0 Å². The first-order chi connectivity index (χ1) is 9.77. The lowest BCUT2D eigenvalue weighted by Gasteiger charge is -2.19. The van der Waals surface area contributed by atoms with Gasteiger partial charge in [-0.3, -0.25) is 0 Å². The van der Waals surface area contributed by atoms with Crippen molar-refractivity contribution < 1.29 is 0 Å². The molecule has 0 heterocycles. The van der Waals surface area contributed by atoms with E-state index < -0.39 is 0 Å². The van der Waals surface area contributed by atoms with Crippen molar-refractivity contribution in [3.05, 3.63) is 34.9 Å². The minimum Gasteiger partial charge on any atom is -0.310 e. The Morgan fingerprint density at radius 3 is 2.45 bits per heavy atom. The van der Waals surface area contributed by atoms with Crippen LogP contribution in [0.1, 0.15) is 76.8 Å². The van der Waals surface area contributed by atoms with Gasteiger partial charge in [0.25, 0.3) is 0 Å². The lowest BCUT2D eigenvalue weighted by Crippen LogP contribution is -2.22. The standard InChI is InChI=1S/C18H30ClN/c1-3-5-7-8-9-14-20-18(13-6-4-2)16-11-10-12-17(19)15-16/h10-12,15,18,20H,3-9,13-14H2,1-2H3. The van der Waals surface area contributed by atoms with E-state index in [0.717, 1.165) is 11.6 Å². The van der Waals surface area contributed by atoms with Gasteiger partial charge in [-0.2, -0.15) is 0 Å². The van der Waals surface area contributed by atoms with E-state index in [9.17, 15) is 0 Å². The van der Waals surface area contributed by atoms with Crippen molar-refractivity contribution in [2.45, 2.75) is 71.3 Å². The summed E-state index contributed by atoms with van der Waals surface area (Å²) in [5, 5.41) is 4.56. The fourth-order valence-corrected chi connectivity index (χ4v) is 2.72. The molecule has 1 aromatic rings. The van der Waals surface area contributed by atoms with Gasteiger partial charge in [0.15, 0.2) is 0 Å². The maximum Gasteiger partial charge on any atom is 0.0409 e. The van der Waals surface area contributed by atoms with Gasteiger partial charge in [-0.15, -0.1) is 0 Å². The number of halogens is 1. The monoisotopic (exact) mass is 295 g/mol. The summed E-state index contributed by atoms with van der Waals surface area (Å²) in [6.45, 7) is 5.63. The highest BCUT2D eigenvalue weighted by molar-refractivity contribution is 6.30. The molecule has 114 valence electrons. The van der Waals surface area contributed by atoms with Crippen molar-refractivity contribution in [1.82, 2.24) is 5.32 Å². The number of rotatable bonds is 11. The van der Waals surface area contributed by atoms with Gasteiger partial charge in [0, 0.05) is 11.1 Å². The Morgan fingerprint density at radius 1 is 1.00 bits per heavy atom. The zero-order valence-electron chi connectivity index (χ0n) is 13.1. The van der Waals surface area contributed by atoms with E-state index in [1.807, 2.05) is 6.07 Å². The van der Waals surface area contributed by atoms with Crippen LogP contribution in [0.25, 0.3) is 0 Å². The van der Waals surface area contributed by atoms with Crippen molar-refractivity contribution in [2.24, 2.45) is 0 Å². The molecule has 0 saturated heterocycles. The maximum absolute atomic E-state index is 6.11. The Morgan fingerprint density at radius 2 is 1.75 bits per heavy atom. The maximum atomic E-state index is 6.11. The summed E-state index contributed by atoms with van der Waals surface area (Å²) in [5.74, 6) is 0. The molecule has 0 aliphatic carbocycles. The molecule has 0 aromatic heterocycles. The molecular formula is C18H30ClN. The molecule has 0 radical (unpaired) electrons. The average Bonchev–Trinajstić information content (AvgIpc) is 2.45. The summed E-state index contributed by atoms with van der Waals surface area (Å²) in [4.78, 5) is 0. The van der Waals surface area contributed by atoms with Crippen LogP contribution in [0.15, 0.2) is 24.3 Å². The predicted octanol–water partition coefficient (Wildman–Crippen LogP) is 6.13. The molecule has 1 rings (SSSR count). The quantitative estimate of drug-likeness (QED) is 0.484. The number of unbranched alkanes of at least 4 members (excludes halogenated alkanes) is 5. The van der Waals surface area contributed by atoms with Crippen molar-refractivity contribution in [1.29, 1.82) is 0 Å². The van der Waals surface area contributed by atoms with Crippen LogP contribution in [0.3, 0.4) is 0 Å². The molecular weight excluding hydrogens is 266 g/mol. The first kappa shape index (κ1) is 17.5. The van der Waals surface area contributed by atoms with Gasteiger partial charge < -0.3 is 5.32 Å². The van der Waals surface area contributed by atoms with Gasteiger partial charge in [-0.05, 0) is 37.1 Å². The first-order valence-electron chi connectivity index (χ1n) is 8.26. The third kappa shape index (κ3) is 7.31. The Hall–Kier alpha value is -0.530. The van der Waals surface area contributed by atoms with E-state index in [4.69, 9.17) is 11.6 Å². The van der Waals surface area contributed by atoms with Crippen molar-refractivity contribution >= 4 is 11.6 Å². The third-order valence-electron chi connectivity index (χ3n) is 3.77. The van der Waals surface area contributed by atoms with E-state index in [2.05, 4.69) is 37.4 Å². The van der Waals surface area contributed by atoms with Crippen LogP contribution in [0.5, 0.6) is 0 Å². The lowest BCUT2D eigenvalue weighted by molar-refractivity contribution is 0.466. The van der Waals surface area contributed by atoms with E-state index >= 15 is 0 Å². The molecule has 1 atom stereocenters. The number of nitrogens with one attached hydrogen (secondary N) is 1. The van der Waals surface area contributed by atoms with E-state index in [1.165, 1.54) is 56.9 Å². The molecule has 1 nitrogen and oxygen atoms in total. The van der Waals surface area contributed by atoms with Crippen LogP contribution in [0, 0.1) is 0 Å².